The quantitative estimate of drug-likeness (QED) is 0.271. The summed E-state index contributed by atoms with van der Waals surface area (Å²) < 4.78 is 5.49. The molecule has 0 bridgehead atoms. The fourth-order valence-corrected chi connectivity index (χ4v) is 5.26. The molecule has 42 heavy (non-hydrogen) atoms. The Balaban J connectivity index is 2.03. The second-order valence-corrected chi connectivity index (χ2v) is 12.2. The molecule has 1 aliphatic rings. The third-order valence-corrected chi connectivity index (χ3v) is 7.45. The Morgan fingerprint density at radius 3 is 2.29 bits per heavy atom. The summed E-state index contributed by atoms with van der Waals surface area (Å²) in [7, 11) is 0. The van der Waals surface area contributed by atoms with E-state index in [1.54, 1.807) is 62.9 Å². The Morgan fingerprint density at radius 2 is 1.69 bits per heavy atom. The van der Waals surface area contributed by atoms with E-state index in [0.717, 1.165) is 44.1 Å². The van der Waals surface area contributed by atoms with Crippen LogP contribution in [0.5, 0.6) is 11.5 Å². The average molecular weight is 582 g/mol. The molecule has 1 fully saturated rings. The Labute approximate surface area is 249 Å². The van der Waals surface area contributed by atoms with Crippen molar-refractivity contribution in [2.45, 2.75) is 110 Å². The number of benzene rings is 2. The number of hydrogen-bond donors (Lipinski definition) is 4. The van der Waals surface area contributed by atoms with Crippen molar-refractivity contribution in [3.05, 3.63) is 59.2 Å². The molecule has 4 N–H and O–H groups in total. The zero-order valence-electron chi connectivity index (χ0n) is 25.6. The lowest BCUT2D eigenvalue weighted by Crippen LogP contribution is -2.54. The maximum atomic E-state index is 14.5. The second-order valence-electron chi connectivity index (χ2n) is 12.2. The lowest BCUT2D eigenvalue weighted by Gasteiger charge is -2.36. The van der Waals surface area contributed by atoms with Gasteiger partial charge in [-0.25, -0.2) is 4.79 Å². The van der Waals surface area contributed by atoms with E-state index in [1.165, 1.54) is 12.1 Å². The van der Waals surface area contributed by atoms with E-state index in [1.807, 2.05) is 6.92 Å². The first-order chi connectivity index (χ1) is 19.9. The average Bonchev–Trinajstić information content (AvgIpc) is 2.92. The second kappa shape index (κ2) is 14.9. The molecule has 3 rings (SSSR count). The maximum absolute atomic E-state index is 14.5. The molecular formula is C33H47N3O6. The summed E-state index contributed by atoms with van der Waals surface area (Å²) in [4.78, 5) is 43.0. The molecule has 2 aromatic rings. The normalized spacial score (nSPS) is 15.4. The topological polar surface area (TPSA) is 128 Å². The van der Waals surface area contributed by atoms with Gasteiger partial charge in [0.05, 0.1) is 0 Å². The third-order valence-electron chi connectivity index (χ3n) is 7.45. The van der Waals surface area contributed by atoms with Gasteiger partial charge < -0.3 is 30.5 Å². The number of alkyl carbamates (subject to hydrolysis) is 1. The first-order valence-corrected chi connectivity index (χ1v) is 15.1. The van der Waals surface area contributed by atoms with Crippen LogP contribution in [0.25, 0.3) is 0 Å². The van der Waals surface area contributed by atoms with Crippen LogP contribution < -0.4 is 10.6 Å². The van der Waals surface area contributed by atoms with Gasteiger partial charge in [-0.05, 0) is 87.9 Å². The van der Waals surface area contributed by atoms with E-state index in [9.17, 15) is 24.6 Å². The van der Waals surface area contributed by atoms with Crippen LogP contribution in [0.2, 0.25) is 0 Å². The van der Waals surface area contributed by atoms with Crippen molar-refractivity contribution in [2.24, 2.45) is 0 Å². The Bertz CT molecular complexity index is 1200. The number of hydrogen-bond acceptors (Lipinski definition) is 6. The smallest absolute Gasteiger partial charge is 0.408 e. The number of rotatable bonds is 11. The van der Waals surface area contributed by atoms with E-state index in [4.69, 9.17) is 4.74 Å². The summed E-state index contributed by atoms with van der Waals surface area (Å²) in [6.45, 7) is 9.30. The van der Waals surface area contributed by atoms with Crippen molar-refractivity contribution in [3.63, 3.8) is 0 Å². The first-order valence-electron chi connectivity index (χ1n) is 15.1. The van der Waals surface area contributed by atoms with Crippen LogP contribution in [0.1, 0.15) is 95.4 Å². The number of nitrogens with zero attached hydrogens (tertiary/aromatic N) is 1. The van der Waals surface area contributed by atoms with E-state index in [-0.39, 0.29) is 29.9 Å². The first kappa shape index (κ1) is 32.8. The van der Waals surface area contributed by atoms with Crippen molar-refractivity contribution in [1.82, 2.24) is 15.5 Å². The predicted molar refractivity (Wildman–Crippen MR) is 162 cm³/mol. The Hall–Kier alpha value is -3.75. The van der Waals surface area contributed by atoms with Gasteiger partial charge in [-0.1, -0.05) is 50.8 Å². The van der Waals surface area contributed by atoms with E-state index < -0.39 is 29.7 Å². The zero-order chi connectivity index (χ0) is 30.9. The van der Waals surface area contributed by atoms with Crippen LogP contribution in [0.15, 0.2) is 42.5 Å². The molecule has 2 aromatic carbocycles. The number of carbonyl (C=O) groups excluding carboxylic acids is 3. The summed E-state index contributed by atoms with van der Waals surface area (Å²) in [5.41, 5.74) is 1.13. The van der Waals surface area contributed by atoms with Gasteiger partial charge in [0.25, 0.3) is 0 Å². The number of phenolic OH excluding ortho intramolecular Hbond substituents is 2. The molecule has 2 unspecified atom stereocenters. The number of aromatic hydroxyl groups is 2. The summed E-state index contributed by atoms with van der Waals surface area (Å²) >= 11 is 0. The number of amides is 3. The molecule has 0 aliphatic heterocycles. The predicted octanol–water partition coefficient (Wildman–Crippen LogP) is 5.66. The highest BCUT2D eigenvalue weighted by atomic mass is 16.6. The lowest BCUT2D eigenvalue weighted by molar-refractivity contribution is -0.143. The van der Waals surface area contributed by atoms with Crippen LogP contribution >= 0.6 is 0 Å². The van der Waals surface area contributed by atoms with E-state index in [0.29, 0.717) is 24.1 Å². The molecule has 0 saturated heterocycles. The summed E-state index contributed by atoms with van der Waals surface area (Å²) in [6.07, 6.45) is 5.84. The van der Waals surface area contributed by atoms with E-state index >= 15 is 0 Å². The van der Waals surface area contributed by atoms with Crippen molar-refractivity contribution in [2.75, 3.05) is 6.54 Å². The monoisotopic (exact) mass is 581 g/mol. The van der Waals surface area contributed by atoms with Gasteiger partial charge in [-0.2, -0.15) is 0 Å². The molecule has 1 aliphatic carbocycles. The molecule has 0 heterocycles. The molecular weight excluding hydrogens is 534 g/mol. The Kier molecular flexibility index (Phi) is 11.6. The maximum Gasteiger partial charge on any atom is 0.408 e. The fourth-order valence-electron chi connectivity index (χ4n) is 5.26. The van der Waals surface area contributed by atoms with Crippen LogP contribution in [-0.4, -0.2) is 57.3 Å². The van der Waals surface area contributed by atoms with Gasteiger partial charge in [-0.15, -0.1) is 0 Å². The fraction of sp³-hybridized carbons (Fsp3) is 0.545. The van der Waals surface area contributed by atoms with Crippen molar-refractivity contribution < 1.29 is 29.3 Å². The number of ether oxygens (including phenoxy) is 1. The van der Waals surface area contributed by atoms with Crippen LogP contribution in [0.4, 0.5) is 4.79 Å². The molecule has 2 atom stereocenters. The number of phenols is 2. The lowest BCUT2D eigenvalue weighted by atomic mass is 9.94. The summed E-state index contributed by atoms with van der Waals surface area (Å²) in [5, 5.41) is 25.9. The minimum absolute atomic E-state index is 0.0303. The summed E-state index contributed by atoms with van der Waals surface area (Å²) in [6, 6.07) is 9.43. The van der Waals surface area contributed by atoms with Gasteiger partial charge in [0.15, 0.2) is 0 Å². The highest BCUT2D eigenvalue weighted by Crippen LogP contribution is 2.29. The molecule has 9 heteroatoms. The van der Waals surface area contributed by atoms with Crippen LogP contribution in [-0.2, 0) is 20.7 Å². The van der Waals surface area contributed by atoms with Crippen molar-refractivity contribution in [3.8, 4) is 11.5 Å². The largest absolute Gasteiger partial charge is 0.508 e. The summed E-state index contributed by atoms with van der Waals surface area (Å²) in [5.74, 6) is -0.504. The number of unbranched alkanes of at least 4 members (excludes halogenated alkanes) is 1. The minimum atomic E-state index is -1.04. The number of nitrogens with one attached hydrogen (secondary N) is 2. The van der Waals surface area contributed by atoms with Gasteiger partial charge in [0, 0.05) is 19.0 Å². The highest BCUT2D eigenvalue weighted by Gasteiger charge is 2.37. The van der Waals surface area contributed by atoms with Gasteiger partial charge in [-0.3, -0.25) is 9.59 Å². The molecule has 3 amide bonds. The van der Waals surface area contributed by atoms with Gasteiger partial charge >= 0.3 is 6.09 Å². The van der Waals surface area contributed by atoms with Gasteiger partial charge in [0.1, 0.15) is 29.2 Å². The van der Waals surface area contributed by atoms with Gasteiger partial charge in [0.2, 0.25) is 11.8 Å². The standard InChI is InChI=1S/C33H47N3O6/c1-6-7-19-36(29(24-15-18-28(38)22(2)20-24)30(39)34-25-11-9-8-10-12-25)31(40)27(35-32(41)42-33(3,4)5)21-23-13-16-26(37)17-14-23/h13-18,20,25,27,29,37-38H,6-12,19,21H2,1-5H3,(H,34,39)(H,35,41). The highest BCUT2D eigenvalue weighted by molar-refractivity contribution is 5.92. The molecule has 1 saturated carbocycles. The zero-order valence-corrected chi connectivity index (χ0v) is 25.6. The van der Waals surface area contributed by atoms with E-state index in [2.05, 4.69) is 10.6 Å². The molecule has 230 valence electrons. The number of carbonyl (C=O) groups is 3. The number of aryl methyl sites for hydroxylation is 1. The molecule has 0 radical (unpaired) electrons. The van der Waals surface area contributed by atoms with Crippen LogP contribution in [0.3, 0.4) is 0 Å². The van der Waals surface area contributed by atoms with Crippen molar-refractivity contribution in [1.29, 1.82) is 0 Å². The van der Waals surface area contributed by atoms with Crippen molar-refractivity contribution >= 4 is 17.9 Å². The minimum Gasteiger partial charge on any atom is -0.508 e. The molecule has 9 nitrogen and oxygen atoms in total. The molecule has 0 aromatic heterocycles. The third kappa shape index (κ3) is 9.67. The molecule has 0 spiro atoms. The Morgan fingerprint density at radius 1 is 1.02 bits per heavy atom. The SMILES string of the molecule is CCCCN(C(=O)C(Cc1ccc(O)cc1)NC(=O)OC(C)(C)C)C(C(=O)NC1CCCCC1)c1ccc(O)c(C)c1. The van der Waals surface area contributed by atoms with Crippen LogP contribution in [0, 0.1) is 6.92 Å².